The Labute approximate surface area is 108 Å². The van der Waals surface area contributed by atoms with Gasteiger partial charge in [0.1, 0.15) is 0 Å². The monoisotopic (exact) mass is 264 g/mol. The van der Waals surface area contributed by atoms with Gasteiger partial charge >= 0.3 is 0 Å². The van der Waals surface area contributed by atoms with Crippen LogP contribution in [0.25, 0.3) is 0 Å². The number of nitro groups is 1. The summed E-state index contributed by atoms with van der Waals surface area (Å²) in [4.78, 5) is 35.1. The first-order valence-electron chi connectivity index (χ1n) is 5.78. The molecule has 1 aromatic rings. The third-order valence-electron chi connectivity index (χ3n) is 2.83. The largest absolute Gasteiger partial charge is 0.380 e. The lowest BCUT2D eigenvalue weighted by molar-refractivity contribution is -0.384. The lowest BCUT2D eigenvalue weighted by atomic mass is 10.1. The van der Waals surface area contributed by atoms with Crippen molar-refractivity contribution in [3.8, 4) is 0 Å². The van der Waals surface area contributed by atoms with Crippen molar-refractivity contribution < 1.29 is 19.2 Å². The minimum Gasteiger partial charge on any atom is -0.380 e. The lowest BCUT2D eigenvalue weighted by Gasteiger charge is -2.12. The van der Waals surface area contributed by atoms with E-state index in [9.17, 15) is 19.7 Å². The minimum atomic E-state index is -0.596. The molecule has 0 fully saturated rings. The highest BCUT2D eigenvalue weighted by Crippen LogP contribution is 2.26. The van der Waals surface area contributed by atoms with Gasteiger partial charge in [0.2, 0.25) is 0 Å². The summed E-state index contributed by atoms with van der Waals surface area (Å²) in [6, 6.07) is 3.67. The van der Waals surface area contributed by atoms with Gasteiger partial charge in [0, 0.05) is 18.7 Å². The molecule has 0 aromatic heterocycles. The zero-order valence-electron chi connectivity index (χ0n) is 10.3. The molecule has 0 bridgehead atoms. The Bertz CT molecular complexity index is 555. The van der Waals surface area contributed by atoms with Crippen molar-refractivity contribution in [3.05, 3.63) is 39.4 Å². The van der Waals surface area contributed by atoms with E-state index in [1.807, 2.05) is 6.92 Å². The molecule has 0 N–H and O–H groups in total. The predicted octanol–water partition coefficient (Wildman–Crippen LogP) is 1.23. The van der Waals surface area contributed by atoms with Crippen LogP contribution < -0.4 is 0 Å². The number of amides is 2. The standard InChI is InChI=1S/C12H12N2O5/c1-2-19-6-5-13-11(15)9-4-3-8(14(17)18)7-10(9)12(13)16/h3-4,7H,2,5-6H2,1H3. The van der Waals surface area contributed by atoms with Gasteiger partial charge in [0.05, 0.1) is 29.2 Å². The molecule has 7 nitrogen and oxygen atoms in total. The van der Waals surface area contributed by atoms with Crippen LogP contribution in [0, 0.1) is 10.1 Å². The fourth-order valence-corrected chi connectivity index (χ4v) is 1.90. The molecule has 7 heteroatoms. The van der Waals surface area contributed by atoms with Gasteiger partial charge in [0.25, 0.3) is 17.5 Å². The Hall–Kier alpha value is -2.28. The average Bonchev–Trinajstić information content (AvgIpc) is 2.63. The smallest absolute Gasteiger partial charge is 0.270 e. The second kappa shape index (κ2) is 5.15. The number of fused-ring (bicyclic) bond motifs is 1. The van der Waals surface area contributed by atoms with E-state index in [1.54, 1.807) is 0 Å². The van der Waals surface area contributed by atoms with E-state index >= 15 is 0 Å². The van der Waals surface area contributed by atoms with E-state index < -0.39 is 16.7 Å². The summed E-state index contributed by atoms with van der Waals surface area (Å²) >= 11 is 0. The fraction of sp³-hybridized carbons (Fsp3) is 0.333. The fourth-order valence-electron chi connectivity index (χ4n) is 1.90. The molecule has 1 aliphatic heterocycles. The summed E-state index contributed by atoms with van der Waals surface area (Å²) in [5.41, 5.74) is 0.0781. The predicted molar refractivity (Wildman–Crippen MR) is 65.0 cm³/mol. The molecule has 2 rings (SSSR count). The SMILES string of the molecule is CCOCCN1C(=O)c2ccc([N+](=O)[O-])cc2C1=O. The number of hydrogen-bond acceptors (Lipinski definition) is 5. The van der Waals surface area contributed by atoms with E-state index in [4.69, 9.17) is 4.74 Å². The maximum atomic E-state index is 12.0. The van der Waals surface area contributed by atoms with E-state index in [-0.39, 0.29) is 30.0 Å². The highest BCUT2D eigenvalue weighted by molar-refractivity contribution is 6.21. The van der Waals surface area contributed by atoms with Gasteiger partial charge in [-0.25, -0.2) is 0 Å². The normalized spacial score (nSPS) is 13.8. The van der Waals surface area contributed by atoms with Gasteiger partial charge in [-0.2, -0.15) is 0 Å². The Morgan fingerprint density at radius 1 is 1.26 bits per heavy atom. The summed E-state index contributed by atoms with van der Waals surface area (Å²) in [5.74, 6) is -0.946. The van der Waals surface area contributed by atoms with Gasteiger partial charge < -0.3 is 4.74 Å². The van der Waals surface area contributed by atoms with Crippen LogP contribution in [0.1, 0.15) is 27.6 Å². The van der Waals surface area contributed by atoms with Gasteiger partial charge in [-0.1, -0.05) is 0 Å². The van der Waals surface area contributed by atoms with E-state index in [2.05, 4.69) is 0 Å². The molecule has 19 heavy (non-hydrogen) atoms. The second-order valence-corrected chi connectivity index (χ2v) is 3.95. The molecule has 1 heterocycles. The van der Waals surface area contributed by atoms with Crippen molar-refractivity contribution in [2.75, 3.05) is 19.8 Å². The molecule has 0 atom stereocenters. The molecule has 100 valence electrons. The average molecular weight is 264 g/mol. The van der Waals surface area contributed by atoms with Crippen LogP contribution in [0.4, 0.5) is 5.69 Å². The van der Waals surface area contributed by atoms with E-state index in [1.165, 1.54) is 12.1 Å². The van der Waals surface area contributed by atoms with Crippen LogP contribution >= 0.6 is 0 Å². The highest BCUT2D eigenvalue weighted by atomic mass is 16.6. The summed E-state index contributed by atoms with van der Waals surface area (Å²) < 4.78 is 5.10. The summed E-state index contributed by atoms with van der Waals surface area (Å²) in [7, 11) is 0. The van der Waals surface area contributed by atoms with Crippen LogP contribution in [-0.4, -0.2) is 41.4 Å². The molecule has 1 aliphatic rings. The Morgan fingerprint density at radius 2 is 1.95 bits per heavy atom. The number of nitro benzene ring substituents is 1. The Balaban J connectivity index is 2.26. The van der Waals surface area contributed by atoms with Crippen molar-refractivity contribution in [3.63, 3.8) is 0 Å². The highest BCUT2D eigenvalue weighted by Gasteiger charge is 2.36. The number of non-ortho nitro benzene ring substituents is 1. The van der Waals surface area contributed by atoms with E-state index in [0.29, 0.717) is 6.61 Å². The molecule has 2 amide bonds. The molecule has 0 unspecified atom stereocenters. The van der Waals surface area contributed by atoms with Crippen LogP contribution in [0.2, 0.25) is 0 Å². The minimum absolute atomic E-state index is 0.0794. The van der Waals surface area contributed by atoms with E-state index in [0.717, 1.165) is 11.0 Å². The molecular weight excluding hydrogens is 252 g/mol. The van der Waals surface area contributed by atoms with Crippen molar-refractivity contribution in [2.45, 2.75) is 6.92 Å². The van der Waals surface area contributed by atoms with Crippen LogP contribution in [0.3, 0.4) is 0 Å². The van der Waals surface area contributed by atoms with Gasteiger partial charge in [-0.3, -0.25) is 24.6 Å². The van der Waals surface area contributed by atoms with Gasteiger partial charge in [0.15, 0.2) is 0 Å². The lowest BCUT2D eigenvalue weighted by Crippen LogP contribution is -2.33. The van der Waals surface area contributed by atoms with Crippen LogP contribution in [-0.2, 0) is 4.74 Å². The first-order valence-corrected chi connectivity index (χ1v) is 5.78. The number of hydrogen-bond donors (Lipinski definition) is 0. The summed E-state index contributed by atoms with van der Waals surface area (Å²) in [6.07, 6.45) is 0. The third-order valence-corrected chi connectivity index (χ3v) is 2.83. The van der Waals surface area contributed by atoms with Crippen molar-refractivity contribution in [2.24, 2.45) is 0 Å². The number of ether oxygens (including phenoxy) is 1. The molecule has 0 saturated heterocycles. The van der Waals surface area contributed by atoms with Crippen molar-refractivity contribution >= 4 is 17.5 Å². The van der Waals surface area contributed by atoms with Crippen molar-refractivity contribution in [1.82, 2.24) is 4.90 Å². The Morgan fingerprint density at radius 3 is 2.58 bits per heavy atom. The van der Waals surface area contributed by atoms with Crippen LogP contribution in [0.5, 0.6) is 0 Å². The zero-order chi connectivity index (χ0) is 14.0. The maximum absolute atomic E-state index is 12.0. The molecule has 0 aliphatic carbocycles. The number of carbonyl (C=O) groups is 2. The van der Waals surface area contributed by atoms with Gasteiger partial charge in [-0.15, -0.1) is 0 Å². The zero-order valence-corrected chi connectivity index (χ0v) is 10.3. The molecule has 0 saturated carbocycles. The number of imide groups is 1. The number of carbonyl (C=O) groups excluding carboxylic acids is 2. The van der Waals surface area contributed by atoms with Crippen LogP contribution in [0.15, 0.2) is 18.2 Å². The molecule has 0 spiro atoms. The summed E-state index contributed by atoms with van der Waals surface area (Å²) in [5, 5.41) is 10.7. The topological polar surface area (TPSA) is 89.8 Å². The number of nitrogens with zero attached hydrogens (tertiary/aromatic N) is 2. The number of rotatable bonds is 5. The first kappa shape index (κ1) is 13.2. The van der Waals surface area contributed by atoms with Crippen molar-refractivity contribution in [1.29, 1.82) is 0 Å². The molecule has 0 radical (unpaired) electrons. The number of benzene rings is 1. The third kappa shape index (κ3) is 2.32. The quantitative estimate of drug-likeness (QED) is 0.345. The molecule has 1 aromatic carbocycles. The molecular formula is C12H12N2O5. The maximum Gasteiger partial charge on any atom is 0.270 e. The Kier molecular flexibility index (Phi) is 3.57. The van der Waals surface area contributed by atoms with Gasteiger partial charge in [-0.05, 0) is 13.0 Å². The second-order valence-electron chi connectivity index (χ2n) is 3.95. The summed E-state index contributed by atoms with van der Waals surface area (Å²) in [6.45, 7) is 2.71. The first-order chi connectivity index (χ1) is 9.06.